The number of hydrogen-bond donors (Lipinski definition) is 0. The monoisotopic (exact) mass is 345 g/mol. The summed E-state index contributed by atoms with van der Waals surface area (Å²) in [5, 5.41) is 0. The lowest BCUT2D eigenvalue weighted by atomic mass is 10.1. The van der Waals surface area contributed by atoms with E-state index in [2.05, 4.69) is 13.8 Å². The molecular formula is C15H27N3O4S. The maximum Gasteiger partial charge on any atom is 0.228 e. The summed E-state index contributed by atoms with van der Waals surface area (Å²) in [5.74, 6) is 0.130. The molecule has 0 spiro atoms. The molecule has 0 aromatic rings. The lowest BCUT2D eigenvalue weighted by Gasteiger charge is -2.24. The Labute approximate surface area is 138 Å². The van der Waals surface area contributed by atoms with E-state index in [-0.39, 0.29) is 24.2 Å². The number of hydrogen-bond acceptors (Lipinski definition) is 4. The highest BCUT2D eigenvalue weighted by atomic mass is 32.2. The fourth-order valence-electron chi connectivity index (χ4n) is 3.26. The number of amides is 2. The molecule has 2 aliphatic heterocycles. The Balaban J connectivity index is 1.95. The van der Waals surface area contributed by atoms with Crippen molar-refractivity contribution in [3.05, 3.63) is 0 Å². The summed E-state index contributed by atoms with van der Waals surface area (Å²) in [6, 6.07) is 0. The molecule has 0 bridgehead atoms. The van der Waals surface area contributed by atoms with Gasteiger partial charge in [-0.3, -0.25) is 9.59 Å². The molecule has 2 aliphatic rings. The highest BCUT2D eigenvalue weighted by molar-refractivity contribution is 7.88. The summed E-state index contributed by atoms with van der Waals surface area (Å²) in [7, 11) is -3.22. The van der Waals surface area contributed by atoms with Crippen LogP contribution in [0.15, 0.2) is 0 Å². The second kappa shape index (κ2) is 7.17. The van der Waals surface area contributed by atoms with Crippen molar-refractivity contribution in [2.45, 2.75) is 26.7 Å². The van der Waals surface area contributed by atoms with E-state index in [1.807, 2.05) is 0 Å². The van der Waals surface area contributed by atoms with Crippen LogP contribution in [0.3, 0.4) is 0 Å². The molecule has 132 valence electrons. The molecule has 0 radical (unpaired) electrons. The highest BCUT2D eigenvalue weighted by Crippen LogP contribution is 2.22. The first-order valence-electron chi connectivity index (χ1n) is 8.20. The van der Waals surface area contributed by atoms with Crippen molar-refractivity contribution in [3.8, 4) is 0 Å². The largest absolute Gasteiger partial charge is 0.342 e. The van der Waals surface area contributed by atoms with E-state index in [1.165, 1.54) is 10.6 Å². The second-order valence-corrected chi connectivity index (χ2v) is 8.92. The van der Waals surface area contributed by atoms with Crippen LogP contribution < -0.4 is 0 Å². The third kappa shape index (κ3) is 4.67. The van der Waals surface area contributed by atoms with E-state index in [1.54, 1.807) is 9.80 Å². The van der Waals surface area contributed by atoms with Crippen molar-refractivity contribution >= 4 is 21.8 Å². The summed E-state index contributed by atoms with van der Waals surface area (Å²) in [5.41, 5.74) is 0. The first-order valence-corrected chi connectivity index (χ1v) is 10.0. The van der Waals surface area contributed by atoms with Gasteiger partial charge in [0.1, 0.15) is 0 Å². The van der Waals surface area contributed by atoms with E-state index in [0.717, 1.165) is 0 Å². The van der Waals surface area contributed by atoms with Gasteiger partial charge in [-0.05, 0) is 12.3 Å². The van der Waals surface area contributed by atoms with Gasteiger partial charge in [0.05, 0.1) is 12.2 Å². The Hall–Kier alpha value is -1.15. The Morgan fingerprint density at radius 3 is 2.52 bits per heavy atom. The van der Waals surface area contributed by atoms with Gasteiger partial charge in [-0.25, -0.2) is 12.7 Å². The van der Waals surface area contributed by atoms with Crippen LogP contribution >= 0.6 is 0 Å². The molecule has 7 nitrogen and oxygen atoms in total. The SMILES string of the molecule is CC(C)CN1C[C@H](C(=O)N2CCCN(S(C)(=O)=O)CC2)CC1=O. The summed E-state index contributed by atoms with van der Waals surface area (Å²) in [6.07, 6.45) is 2.11. The fourth-order valence-corrected chi connectivity index (χ4v) is 4.13. The van der Waals surface area contributed by atoms with Crippen molar-refractivity contribution in [1.29, 1.82) is 0 Å². The van der Waals surface area contributed by atoms with E-state index in [4.69, 9.17) is 0 Å². The van der Waals surface area contributed by atoms with Gasteiger partial charge in [-0.1, -0.05) is 13.8 Å². The minimum atomic E-state index is -3.22. The highest BCUT2D eigenvalue weighted by Gasteiger charge is 2.37. The van der Waals surface area contributed by atoms with Gasteiger partial charge in [0.25, 0.3) is 0 Å². The third-order valence-corrected chi connectivity index (χ3v) is 5.69. The smallest absolute Gasteiger partial charge is 0.228 e. The summed E-state index contributed by atoms with van der Waals surface area (Å²) >= 11 is 0. The molecule has 1 atom stereocenters. The zero-order valence-corrected chi connectivity index (χ0v) is 15.0. The summed E-state index contributed by atoms with van der Waals surface area (Å²) in [6.45, 7) is 7.02. The average molecular weight is 345 g/mol. The predicted octanol–water partition coefficient (Wildman–Crippen LogP) is -0.0152. The van der Waals surface area contributed by atoms with Crippen LogP contribution in [0, 0.1) is 11.8 Å². The number of rotatable bonds is 4. The van der Waals surface area contributed by atoms with Crippen LogP contribution in [0.2, 0.25) is 0 Å². The molecule has 2 heterocycles. The van der Waals surface area contributed by atoms with Gasteiger partial charge < -0.3 is 9.80 Å². The van der Waals surface area contributed by atoms with Crippen molar-refractivity contribution in [2.24, 2.45) is 11.8 Å². The van der Waals surface area contributed by atoms with Gasteiger partial charge in [0.2, 0.25) is 21.8 Å². The molecule has 2 rings (SSSR count). The van der Waals surface area contributed by atoms with E-state index >= 15 is 0 Å². The maximum absolute atomic E-state index is 12.7. The van der Waals surface area contributed by atoms with Crippen LogP contribution in [-0.2, 0) is 19.6 Å². The van der Waals surface area contributed by atoms with Gasteiger partial charge in [0, 0.05) is 45.7 Å². The van der Waals surface area contributed by atoms with Gasteiger partial charge in [-0.15, -0.1) is 0 Å². The molecular weight excluding hydrogens is 318 g/mol. The molecule has 2 saturated heterocycles. The maximum atomic E-state index is 12.7. The Morgan fingerprint density at radius 1 is 1.22 bits per heavy atom. The van der Waals surface area contributed by atoms with Crippen LogP contribution in [0.5, 0.6) is 0 Å². The topological polar surface area (TPSA) is 78.0 Å². The Kier molecular flexibility index (Phi) is 5.67. The molecule has 0 aliphatic carbocycles. The quantitative estimate of drug-likeness (QED) is 0.718. The number of nitrogens with zero attached hydrogens (tertiary/aromatic N) is 3. The molecule has 0 N–H and O–H groups in total. The van der Waals surface area contributed by atoms with Gasteiger partial charge in [-0.2, -0.15) is 0 Å². The number of sulfonamides is 1. The predicted molar refractivity (Wildman–Crippen MR) is 87.1 cm³/mol. The minimum absolute atomic E-state index is 0.0139. The van der Waals surface area contributed by atoms with Crippen molar-refractivity contribution in [2.75, 3.05) is 45.5 Å². The number of carbonyl (C=O) groups excluding carboxylic acids is 2. The number of carbonyl (C=O) groups is 2. The lowest BCUT2D eigenvalue weighted by Crippen LogP contribution is -2.40. The standard InChI is InChI=1S/C15H27N3O4S/c1-12(2)10-17-11-13(9-14(17)19)15(20)16-5-4-6-18(8-7-16)23(3,21)22/h12-13H,4-11H2,1-3H3/t13-/m1/s1. The van der Waals surface area contributed by atoms with Crippen LogP contribution in [0.4, 0.5) is 0 Å². The molecule has 2 amide bonds. The van der Waals surface area contributed by atoms with Crippen LogP contribution in [-0.4, -0.2) is 79.9 Å². The first kappa shape index (κ1) is 18.2. The first-order chi connectivity index (χ1) is 10.7. The summed E-state index contributed by atoms with van der Waals surface area (Å²) in [4.78, 5) is 28.2. The molecule has 0 aromatic heterocycles. The van der Waals surface area contributed by atoms with Gasteiger partial charge in [0.15, 0.2) is 0 Å². The second-order valence-electron chi connectivity index (χ2n) is 6.93. The third-order valence-electron chi connectivity index (χ3n) is 4.38. The molecule has 2 fully saturated rings. The molecule has 8 heteroatoms. The van der Waals surface area contributed by atoms with Crippen molar-refractivity contribution in [1.82, 2.24) is 14.1 Å². The van der Waals surface area contributed by atoms with Crippen LogP contribution in [0.25, 0.3) is 0 Å². The van der Waals surface area contributed by atoms with Crippen molar-refractivity contribution in [3.63, 3.8) is 0 Å². The zero-order valence-electron chi connectivity index (χ0n) is 14.2. The average Bonchev–Trinajstić information content (AvgIpc) is 2.65. The van der Waals surface area contributed by atoms with Crippen LogP contribution in [0.1, 0.15) is 26.7 Å². The van der Waals surface area contributed by atoms with E-state index in [9.17, 15) is 18.0 Å². The van der Waals surface area contributed by atoms with Gasteiger partial charge >= 0.3 is 0 Å². The molecule has 23 heavy (non-hydrogen) atoms. The van der Waals surface area contributed by atoms with E-state index in [0.29, 0.717) is 51.6 Å². The minimum Gasteiger partial charge on any atom is -0.342 e. The Morgan fingerprint density at radius 2 is 1.91 bits per heavy atom. The molecule has 0 aromatic carbocycles. The molecule has 0 saturated carbocycles. The van der Waals surface area contributed by atoms with E-state index < -0.39 is 10.0 Å². The normalized spacial score (nSPS) is 24.3. The Bertz CT molecular complexity index is 561. The lowest BCUT2D eigenvalue weighted by molar-refractivity contribution is -0.135. The number of likely N-dealkylation sites (tertiary alicyclic amines) is 1. The summed E-state index contributed by atoms with van der Waals surface area (Å²) < 4.78 is 24.7. The fraction of sp³-hybridized carbons (Fsp3) is 0.867. The zero-order chi connectivity index (χ0) is 17.2. The molecule has 0 unspecified atom stereocenters. The van der Waals surface area contributed by atoms with Crippen molar-refractivity contribution < 1.29 is 18.0 Å².